The van der Waals surface area contributed by atoms with Crippen molar-refractivity contribution < 1.29 is 23.9 Å². The first-order chi connectivity index (χ1) is 13.1. The minimum Gasteiger partial charge on any atom is -0.495 e. The maximum atomic E-state index is 12.3. The van der Waals surface area contributed by atoms with Crippen molar-refractivity contribution in [2.75, 3.05) is 44.9 Å². The van der Waals surface area contributed by atoms with Crippen LogP contribution in [-0.2, 0) is 9.53 Å². The minimum absolute atomic E-state index is 0.213. The number of benzene rings is 1. The van der Waals surface area contributed by atoms with Crippen LogP contribution >= 0.6 is 0 Å². The first kappa shape index (κ1) is 20.7. The zero-order valence-electron chi connectivity index (χ0n) is 15.5. The predicted molar refractivity (Wildman–Crippen MR) is 99.9 cm³/mol. The lowest BCUT2D eigenvalue weighted by molar-refractivity contribution is -0.120. The van der Waals surface area contributed by atoms with Crippen LogP contribution in [0.15, 0.2) is 18.2 Å². The summed E-state index contributed by atoms with van der Waals surface area (Å²) in [7, 11) is 1.46. The molecule has 27 heavy (non-hydrogen) atoms. The Labute approximate surface area is 158 Å². The van der Waals surface area contributed by atoms with Crippen molar-refractivity contribution in [2.45, 2.75) is 19.3 Å². The molecule has 1 aliphatic heterocycles. The number of hydrogen-bond acceptors (Lipinski definition) is 6. The van der Waals surface area contributed by atoms with Crippen LogP contribution in [0.2, 0.25) is 0 Å². The zero-order valence-corrected chi connectivity index (χ0v) is 15.5. The van der Waals surface area contributed by atoms with E-state index in [-0.39, 0.29) is 24.8 Å². The third-order valence-electron chi connectivity index (χ3n) is 4.03. The fourth-order valence-corrected chi connectivity index (χ4v) is 2.60. The Hall–Kier alpha value is -2.65. The van der Waals surface area contributed by atoms with Gasteiger partial charge in [-0.1, -0.05) is 0 Å². The van der Waals surface area contributed by atoms with Gasteiger partial charge in [-0.05, 0) is 37.6 Å². The second-order valence-corrected chi connectivity index (χ2v) is 6.01. The Morgan fingerprint density at radius 1 is 1.30 bits per heavy atom. The lowest BCUT2D eigenvalue weighted by Crippen LogP contribution is -2.49. The minimum atomic E-state index is -0.503. The molecule has 0 saturated carbocycles. The number of anilines is 1. The maximum absolute atomic E-state index is 12.3. The van der Waals surface area contributed by atoms with E-state index in [1.165, 1.54) is 12.0 Å². The number of rotatable bonds is 10. The number of imide groups is 1. The molecule has 4 N–H and O–H groups in total. The number of nitrogens with two attached hydrogens (primary N) is 1. The Bertz CT molecular complexity index is 680. The highest BCUT2D eigenvalue weighted by Crippen LogP contribution is 2.30. The van der Waals surface area contributed by atoms with Gasteiger partial charge in [0.15, 0.2) is 0 Å². The molecule has 0 atom stereocenters. The van der Waals surface area contributed by atoms with Gasteiger partial charge in [0.1, 0.15) is 5.75 Å². The standard InChI is InChI=1S/C18H26N4O5/c1-26-15-12-13(17(24)20-8-3-11-27-10-2-7-19)4-5-14(15)22-9-6-16(23)21-18(22)25/h4-5,12H,2-3,6-11,19H2,1H3,(H,20,24)(H,21,23,25). The zero-order chi connectivity index (χ0) is 19.6. The van der Waals surface area contributed by atoms with Crippen LogP contribution in [-0.4, -0.2) is 57.8 Å². The number of nitrogens with one attached hydrogen (secondary N) is 2. The number of amides is 4. The van der Waals surface area contributed by atoms with Crippen molar-refractivity contribution in [1.29, 1.82) is 0 Å². The quantitative estimate of drug-likeness (QED) is 0.513. The van der Waals surface area contributed by atoms with E-state index in [2.05, 4.69) is 10.6 Å². The first-order valence-corrected chi connectivity index (χ1v) is 8.92. The lowest BCUT2D eigenvalue weighted by atomic mass is 10.1. The normalized spacial score (nSPS) is 14.1. The molecule has 148 valence electrons. The van der Waals surface area contributed by atoms with Gasteiger partial charge in [0, 0.05) is 38.3 Å². The summed E-state index contributed by atoms with van der Waals surface area (Å²) in [5.74, 6) is -0.157. The summed E-state index contributed by atoms with van der Waals surface area (Å²) >= 11 is 0. The van der Waals surface area contributed by atoms with Gasteiger partial charge in [0.25, 0.3) is 5.91 Å². The van der Waals surface area contributed by atoms with E-state index in [4.69, 9.17) is 15.2 Å². The van der Waals surface area contributed by atoms with E-state index >= 15 is 0 Å². The number of urea groups is 1. The molecule has 4 amide bonds. The monoisotopic (exact) mass is 378 g/mol. The number of carbonyl (C=O) groups excluding carboxylic acids is 3. The summed E-state index contributed by atoms with van der Waals surface area (Å²) in [4.78, 5) is 37.0. The van der Waals surface area contributed by atoms with Crippen molar-refractivity contribution in [3.05, 3.63) is 23.8 Å². The second-order valence-electron chi connectivity index (χ2n) is 6.01. The molecule has 1 aromatic rings. The third-order valence-corrected chi connectivity index (χ3v) is 4.03. The Morgan fingerprint density at radius 2 is 2.07 bits per heavy atom. The predicted octanol–water partition coefficient (Wildman–Crippen LogP) is 0.627. The van der Waals surface area contributed by atoms with Gasteiger partial charge in [-0.15, -0.1) is 0 Å². The molecule has 0 bridgehead atoms. The molecule has 0 unspecified atom stereocenters. The Morgan fingerprint density at radius 3 is 2.78 bits per heavy atom. The molecule has 0 radical (unpaired) electrons. The largest absolute Gasteiger partial charge is 0.495 e. The SMILES string of the molecule is COc1cc(C(=O)NCCCOCCCN)ccc1N1CCC(=O)NC1=O. The van der Waals surface area contributed by atoms with Gasteiger partial charge in [-0.25, -0.2) is 4.79 Å². The van der Waals surface area contributed by atoms with Crippen molar-refractivity contribution >= 4 is 23.5 Å². The maximum Gasteiger partial charge on any atom is 0.328 e. The van der Waals surface area contributed by atoms with Crippen LogP contribution in [0.1, 0.15) is 29.6 Å². The van der Waals surface area contributed by atoms with Crippen LogP contribution in [0.3, 0.4) is 0 Å². The van der Waals surface area contributed by atoms with Gasteiger partial charge in [0.05, 0.1) is 12.8 Å². The summed E-state index contributed by atoms with van der Waals surface area (Å²) in [6.07, 6.45) is 1.74. The highest BCUT2D eigenvalue weighted by atomic mass is 16.5. The van der Waals surface area contributed by atoms with Crippen LogP contribution in [0.4, 0.5) is 10.5 Å². The van der Waals surface area contributed by atoms with Gasteiger partial charge in [-0.3, -0.25) is 19.8 Å². The van der Waals surface area contributed by atoms with E-state index in [1.807, 2.05) is 0 Å². The van der Waals surface area contributed by atoms with E-state index in [0.717, 1.165) is 6.42 Å². The van der Waals surface area contributed by atoms with Crippen molar-refractivity contribution in [3.8, 4) is 5.75 Å². The molecule has 9 heteroatoms. The molecule has 0 spiro atoms. The fraction of sp³-hybridized carbons (Fsp3) is 0.500. The first-order valence-electron chi connectivity index (χ1n) is 8.92. The van der Waals surface area contributed by atoms with Crippen LogP contribution in [0.5, 0.6) is 5.75 Å². The van der Waals surface area contributed by atoms with Crippen LogP contribution in [0, 0.1) is 0 Å². The van der Waals surface area contributed by atoms with Crippen molar-refractivity contribution in [3.63, 3.8) is 0 Å². The molecule has 1 saturated heterocycles. The molecule has 0 aliphatic carbocycles. The third kappa shape index (κ3) is 5.93. The number of carbonyl (C=O) groups is 3. The molecular formula is C18H26N4O5. The van der Waals surface area contributed by atoms with Crippen LogP contribution in [0.25, 0.3) is 0 Å². The molecular weight excluding hydrogens is 352 g/mol. The van der Waals surface area contributed by atoms with E-state index in [9.17, 15) is 14.4 Å². The summed E-state index contributed by atoms with van der Waals surface area (Å²) in [5.41, 5.74) is 6.31. The van der Waals surface area contributed by atoms with Gasteiger partial charge in [-0.2, -0.15) is 0 Å². The molecule has 2 rings (SSSR count). The smallest absolute Gasteiger partial charge is 0.328 e. The molecule has 9 nitrogen and oxygen atoms in total. The Kier molecular flexibility index (Phi) is 8.02. The molecule has 1 heterocycles. The fourth-order valence-electron chi connectivity index (χ4n) is 2.60. The number of ether oxygens (including phenoxy) is 2. The van der Waals surface area contributed by atoms with Gasteiger partial charge in [0.2, 0.25) is 5.91 Å². The average Bonchev–Trinajstić information content (AvgIpc) is 2.67. The molecule has 0 aromatic heterocycles. The summed E-state index contributed by atoms with van der Waals surface area (Å²) in [6, 6.07) is 4.33. The van der Waals surface area contributed by atoms with Crippen LogP contribution < -0.4 is 26.0 Å². The van der Waals surface area contributed by atoms with E-state index in [0.29, 0.717) is 49.7 Å². The average molecular weight is 378 g/mol. The molecule has 1 aromatic carbocycles. The van der Waals surface area contributed by atoms with Gasteiger partial charge < -0.3 is 20.5 Å². The van der Waals surface area contributed by atoms with Crippen molar-refractivity contribution in [1.82, 2.24) is 10.6 Å². The number of methoxy groups -OCH3 is 1. The molecule has 1 fully saturated rings. The molecule has 1 aliphatic rings. The number of hydrogen-bond donors (Lipinski definition) is 3. The van der Waals surface area contributed by atoms with E-state index in [1.54, 1.807) is 18.2 Å². The summed E-state index contributed by atoms with van der Waals surface area (Å²) in [5, 5.41) is 5.08. The Balaban J connectivity index is 1.92. The highest BCUT2D eigenvalue weighted by molar-refractivity contribution is 6.06. The van der Waals surface area contributed by atoms with Gasteiger partial charge >= 0.3 is 6.03 Å². The topological polar surface area (TPSA) is 123 Å². The van der Waals surface area contributed by atoms with Crippen molar-refractivity contribution in [2.24, 2.45) is 5.73 Å². The van der Waals surface area contributed by atoms with E-state index < -0.39 is 6.03 Å². The number of nitrogens with zero attached hydrogens (tertiary/aromatic N) is 1. The summed E-state index contributed by atoms with van der Waals surface area (Å²) < 4.78 is 10.7. The highest BCUT2D eigenvalue weighted by Gasteiger charge is 2.26. The lowest BCUT2D eigenvalue weighted by Gasteiger charge is -2.28. The second kappa shape index (κ2) is 10.5. The summed E-state index contributed by atoms with van der Waals surface area (Å²) in [6.45, 7) is 2.53.